The van der Waals surface area contributed by atoms with Gasteiger partial charge in [0.2, 0.25) is 0 Å². The van der Waals surface area contributed by atoms with Gasteiger partial charge in [0.25, 0.3) is 5.91 Å². The van der Waals surface area contributed by atoms with Crippen LogP contribution in [0.1, 0.15) is 17.3 Å². The zero-order valence-electron chi connectivity index (χ0n) is 11.9. The van der Waals surface area contributed by atoms with Gasteiger partial charge in [-0.05, 0) is 35.0 Å². The Morgan fingerprint density at radius 2 is 2.10 bits per heavy atom. The summed E-state index contributed by atoms with van der Waals surface area (Å²) in [5, 5.41) is 0. The fourth-order valence-electron chi connectivity index (χ4n) is 1.89. The number of methoxy groups -OCH3 is 2. The molecule has 0 heterocycles. The van der Waals surface area contributed by atoms with E-state index in [9.17, 15) is 9.18 Å². The van der Waals surface area contributed by atoms with Gasteiger partial charge in [0.1, 0.15) is 5.82 Å². The van der Waals surface area contributed by atoms with Crippen molar-refractivity contribution in [2.75, 3.05) is 34.0 Å². The van der Waals surface area contributed by atoms with Crippen molar-refractivity contribution >= 4 is 21.8 Å². The van der Waals surface area contributed by atoms with Gasteiger partial charge in [0.05, 0.1) is 24.8 Å². The molecule has 0 saturated carbocycles. The van der Waals surface area contributed by atoms with Crippen LogP contribution in [0.15, 0.2) is 22.7 Å². The zero-order chi connectivity index (χ0) is 15.1. The van der Waals surface area contributed by atoms with E-state index in [1.807, 2.05) is 6.92 Å². The Balaban J connectivity index is 3.03. The lowest BCUT2D eigenvalue weighted by Crippen LogP contribution is -2.43. The van der Waals surface area contributed by atoms with E-state index in [1.54, 1.807) is 31.3 Å². The highest BCUT2D eigenvalue weighted by Crippen LogP contribution is 2.22. The van der Waals surface area contributed by atoms with Gasteiger partial charge >= 0.3 is 0 Å². The second-order valence-electron chi connectivity index (χ2n) is 4.39. The molecule has 0 N–H and O–H groups in total. The number of halogens is 2. The van der Waals surface area contributed by atoms with E-state index in [1.165, 1.54) is 6.07 Å². The van der Waals surface area contributed by atoms with Crippen molar-refractivity contribution in [3.63, 3.8) is 0 Å². The lowest BCUT2D eigenvalue weighted by atomic mass is 10.1. The van der Waals surface area contributed by atoms with Crippen LogP contribution in [0.25, 0.3) is 0 Å². The van der Waals surface area contributed by atoms with Crippen LogP contribution in [0, 0.1) is 5.82 Å². The van der Waals surface area contributed by atoms with E-state index in [-0.39, 0.29) is 17.5 Å². The lowest BCUT2D eigenvalue weighted by molar-refractivity contribution is 0.0474. The van der Waals surface area contributed by atoms with Crippen molar-refractivity contribution in [2.24, 2.45) is 0 Å². The number of amides is 1. The molecule has 112 valence electrons. The minimum absolute atomic E-state index is 0.0338. The topological polar surface area (TPSA) is 38.8 Å². The van der Waals surface area contributed by atoms with Crippen LogP contribution < -0.4 is 0 Å². The second-order valence-corrected chi connectivity index (χ2v) is 5.25. The summed E-state index contributed by atoms with van der Waals surface area (Å²) >= 11 is 3.22. The largest absolute Gasteiger partial charge is 0.383 e. The van der Waals surface area contributed by atoms with Crippen molar-refractivity contribution in [3.05, 3.63) is 34.1 Å². The first kappa shape index (κ1) is 17.1. The van der Waals surface area contributed by atoms with Gasteiger partial charge < -0.3 is 14.4 Å². The van der Waals surface area contributed by atoms with E-state index < -0.39 is 5.82 Å². The Kier molecular flexibility index (Phi) is 7.12. The molecule has 1 aromatic rings. The average molecular weight is 348 g/mol. The number of carbonyl (C=O) groups is 1. The first-order valence-electron chi connectivity index (χ1n) is 6.25. The molecular weight excluding hydrogens is 329 g/mol. The highest BCUT2D eigenvalue weighted by molar-refractivity contribution is 9.10. The van der Waals surface area contributed by atoms with Crippen molar-refractivity contribution in [1.82, 2.24) is 4.90 Å². The molecule has 0 aromatic heterocycles. The number of hydrogen-bond acceptors (Lipinski definition) is 3. The van der Waals surface area contributed by atoms with Crippen molar-refractivity contribution in [3.8, 4) is 0 Å². The van der Waals surface area contributed by atoms with Crippen LogP contribution in [-0.4, -0.2) is 50.8 Å². The summed E-state index contributed by atoms with van der Waals surface area (Å²) in [7, 11) is 3.12. The average Bonchev–Trinajstić information content (AvgIpc) is 2.39. The Bertz CT molecular complexity index is 436. The highest BCUT2D eigenvalue weighted by atomic mass is 79.9. The van der Waals surface area contributed by atoms with E-state index in [0.717, 1.165) is 0 Å². The normalized spacial score (nSPS) is 12.2. The quantitative estimate of drug-likeness (QED) is 0.761. The lowest BCUT2D eigenvalue weighted by Gasteiger charge is -2.29. The molecule has 6 heteroatoms. The number of ether oxygens (including phenoxy) is 2. The number of rotatable bonds is 7. The van der Waals surface area contributed by atoms with Gasteiger partial charge in [-0.1, -0.05) is 6.07 Å². The maximum absolute atomic E-state index is 13.9. The number of nitrogens with zero attached hydrogens (tertiary/aromatic N) is 1. The molecule has 0 bridgehead atoms. The summed E-state index contributed by atoms with van der Waals surface area (Å²) in [5.74, 6) is -0.923. The maximum atomic E-state index is 13.9. The van der Waals surface area contributed by atoms with Crippen molar-refractivity contribution in [1.29, 1.82) is 0 Å². The summed E-state index contributed by atoms with van der Waals surface area (Å²) in [6.45, 7) is 2.99. The summed E-state index contributed by atoms with van der Waals surface area (Å²) in [6, 6.07) is 4.29. The number of carbonyl (C=O) groups excluding carboxylic acids is 1. The summed E-state index contributed by atoms with van der Waals surface area (Å²) in [4.78, 5) is 14.1. The zero-order valence-corrected chi connectivity index (χ0v) is 13.4. The first-order valence-corrected chi connectivity index (χ1v) is 7.05. The van der Waals surface area contributed by atoms with E-state index in [0.29, 0.717) is 24.2 Å². The van der Waals surface area contributed by atoms with Gasteiger partial charge in [0.15, 0.2) is 0 Å². The molecule has 0 radical (unpaired) electrons. The maximum Gasteiger partial charge on any atom is 0.258 e. The first-order chi connectivity index (χ1) is 9.52. The Morgan fingerprint density at radius 3 is 2.65 bits per heavy atom. The number of hydrogen-bond donors (Lipinski definition) is 0. The number of benzene rings is 1. The van der Waals surface area contributed by atoms with Crippen molar-refractivity contribution < 1.29 is 18.7 Å². The third kappa shape index (κ3) is 4.26. The molecule has 1 atom stereocenters. The monoisotopic (exact) mass is 347 g/mol. The third-order valence-electron chi connectivity index (χ3n) is 2.91. The van der Waals surface area contributed by atoms with Crippen molar-refractivity contribution in [2.45, 2.75) is 13.0 Å². The molecule has 0 aliphatic heterocycles. The molecule has 1 aromatic carbocycles. The molecule has 0 aliphatic carbocycles. The smallest absolute Gasteiger partial charge is 0.258 e. The molecule has 1 amide bonds. The van der Waals surface area contributed by atoms with Crippen LogP contribution in [0.3, 0.4) is 0 Å². The molecule has 0 spiro atoms. The van der Waals surface area contributed by atoms with Crippen LogP contribution in [0.2, 0.25) is 0 Å². The fraction of sp³-hybridized carbons (Fsp3) is 0.500. The Labute approximate surface area is 127 Å². The predicted octanol–water partition coefficient (Wildman–Crippen LogP) is 2.71. The SMILES string of the molecule is COCCN(C(=O)c1c(F)cccc1Br)C(C)COC. The molecular formula is C14H19BrFNO3. The predicted molar refractivity (Wildman–Crippen MR) is 78.4 cm³/mol. The van der Waals surface area contributed by atoms with E-state index in [4.69, 9.17) is 9.47 Å². The van der Waals surface area contributed by atoms with Crippen LogP contribution in [0.4, 0.5) is 4.39 Å². The van der Waals surface area contributed by atoms with Gasteiger partial charge in [-0.3, -0.25) is 4.79 Å². The van der Waals surface area contributed by atoms with Gasteiger partial charge in [-0.15, -0.1) is 0 Å². The van der Waals surface area contributed by atoms with E-state index >= 15 is 0 Å². The molecule has 1 unspecified atom stereocenters. The van der Waals surface area contributed by atoms with Crippen LogP contribution in [-0.2, 0) is 9.47 Å². The molecule has 0 fully saturated rings. The molecule has 0 saturated heterocycles. The summed E-state index contributed by atoms with van der Waals surface area (Å²) in [6.07, 6.45) is 0. The molecule has 4 nitrogen and oxygen atoms in total. The van der Waals surface area contributed by atoms with Gasteiger partial charge in [-0.2, -0.15) is 0 Å². The minimum atomic E-state index is -0.545. The summed E-state index contributed by atoms with van der Waals surface area (Å²) < 4.78 is 24.4. The highest BCUT2D eigenvalue weighted by Gasteiger charge is 2.25. The van der Waals surface area contributed by atoms with Gasteiger partial charge in [-0.25, -0.2) is 4.39 Å². The van der Waals surface area contributed by atoms with E-state index in [2.05, 4.69) is 15.9 Å². The van der Waals surface area contributed by atoms with Crippen LogP contribution >= 0.6 is 15.9 Å². The molecule has 1 rings (SSSR count). The third-order valence-corrected chi connectivity index (χ3v) is 3.57. The molecule has 20 heavy (non-hydrogen) atoms. The minimum Gasteiger partial charge on any atom is -0.383 e. The standard InChI is InChI=1S/C14H19BrFNO3/c1-10(9-20-3)17(7-8-19-2)14(18)13-11(15)5-4-6-12(13)16/h4-6,10H,7-9H2,1-3H3. The van der Waals surface area contributed by atoms with Crippen LogP contribution in [0.5, 0.6) is 0 Å². The molecule has 0 aliphatic rings. The Hall–Kier alpha value is -0.980. The Morgan fingerprint density at radius 1 is 1.40 bits per heavy atom. The fourth-order valence-corrected chi connectivity index (χ4v) is 2.40. The second kappa shape index (κ2) is 8.34. The van der Waals surface area contributed by atoms with Gasteiger partial charge in [0, 0.05) is 25.2 Å². The summed E-state index contributed by atoms with van der Waals surface area (Å²) in [5.41, 5.74) is 0.0338.